The number of carbonyl (C=O) groups is 1. The van der Waals surface area contributed by atoms with Gasteiger partial charge in [0.1, 0.15) is 0 Å². The first-order chi connectivity index (χ1) is 8.35. The van der Waals surface area contributed by atoms with E-state index in [-0.39, 0.29) is 16.6 Å². The maximum absolute atomic E-state index is 12.3. The fraction of sp³-hybridized carbons (Fsp3) is 0.750. The van der Waals surface area contributed by atoms with Crippen LogP contribution < -0.4 is 0 Å². The van der Waals surface area contributed by atoms with E-state index in [1.165, 1.54) is 12.8 Å². The Labute approximate surface area is 110 Å². The summed E-state index contributed by atoms with van der Waals surface area (Å²) in [6.45, 7) is 15.8. The maximum Gasteiger partial charge on any atom is 0.226 e. The average Bonchev–Trinajstić information content (AvgIpc) is 2.33. The zero-order valence-electron chi connectivity index (χ0n) is 11.9. The molecule has 0 unspecified atom stereocenters. The number of hydrogen-bond acceptors (Lipinski definition) is 1. The molecule has 2 nitrogen and oxygen atoms in total. The smallest absolute Gasteiger partial charge is 0.226 e. The molecule has 1 fully saturated rings. The summed E-state index contributed by atoms with van der Waals surface area (Å²) in [5.74, 6) is 1.19. The van der Waals surface area contributed by atoms with Gasteiger partial charge in [-0.2, -0.15) is 0 Å². The third kappa shape index (κ3) is 1.81. The fourth-order valence-corrected chi connectivity index (χ4v) is 4.24. The van der Waals surface area contributed by atoms with Gasteiger partial charge in [-0.15, -0.1) is 0 Å². The molecule has 2 rings (SSSR count). The predicted octanol–water partition coefficient (Wildman–Crippen LogP) is 4.23. The van der Waals surface area contributed by atoms with Crippen LogP contribution in [0.15, 0.2) is 11.8 Å². The van der Waals surface area contributed by atoms with E-state index in [1.807, 2.05) is 19.9 Å². The highest BCUT2D eigenvalue weighted by molar-refractivity contribution is 6.02. The van der Waals surface area contributed by atoms with Gasteiger partial charge in [0.05, 0.1) is 6.57 Å². The first-order valence-corrected chi connectivity index (χ1v) is 7.00. The molecule has 0 N–H and O–H groups in total. The summed E-state index contributed by atoms with van der Waals surface area (Å²) in [7, 11) is 0. The summed E-state index contributed by atoms with van der Waals surface area (Å²) in [6, 6.07) is 0. The van der Waals surface area contributed by atoms with Gasteiger partial charge in [-0.3, -0.25) is 0 Å². The third-order valence-electron chi connectivity index (χ3n) is 5.24. The zero-order valence-corrected chi connectivity index (χ0v) is 11.9. The Hall–Kier alpha value is -1.10. The molecule has 18 heavy (non-hydrogen) atoms. The number of ketones is 1. The molecule has 0 bridgehead atoms. The topological polar surface area (TPSA) is 21.4 Å². The number of hydrogen-bond donors (Lipinski definition) is 0. The number of rotatable bonds is 1. The van der Waals surface area contributed by atoms with Gasteiger partial charge in [0, 0.05) is 5.41 Å². The molecule has 0 aromatic heterocycles. The molecule has 0 radical (unpaired) electrons. The second-order valence-electron chi connectivity index (χ2n) is 6.81. The highest BCUT2D eigenvalue weighted by atomic mass is 16.1. The molecule has 1 saturated carbocycles. The lowest BCUT2D eigenvalue weighted by atomic mass is 9.51. The van der Waals surface area contributed by atoms with E-state index >= 15 is 0 Å². The lowest BCUT2D eigenvalue weighted by Crippen LogP contribution is -2.49. The molecule has 2 aliphatic carbocycles. The summed E-state index contributed by atoms with van der Waals surface area (Å²) < 4.78 is 0. The molecule has 0 spiro atoms. The van der Waals surface area contributed by atoms with E-state index in [9.17, 15) is 4.79 Å². The lowest BCUT2D eigenvalue weighted by molar-refractivity contribution is -0.131. The number of fused-ring (bicyclic) bond motifs is 1. The van der Waals surface area contributed by atoms with Gasteiger partial charge >= 0.3 is 0 Å². The minimum atomic E-state index is -0.373. The zero-order chi connectivity index (χ0) is 13.6. The van der Waals surface area contributed by atoms with E-state index in [0.29, 0.717) is 11.6 Å². The Bertz CT molecular complexity index is 441. The summed E-state index contributed by atoms with van der Waals surface area (Å²) in [5, 5.41) is 0. The second-order valence-corrected chi connectivity index (χ2v) is 6.81. The van der Waals surface area contributed by atoms with Gasteiger partial charge in [0.2, 0.25) is 5.70 Å². The Morgan fingerprint density at radius 3 is 2.61 bits per heavy atom. The third-order valence-corrected chi connectivity index (χ3v) is 5.24. The van der Waals surface area contributed by atoms with Gasteiger partial charge in [0.25, 0.3) is 0 Å². The van der Waals surface area contributed by atoms with E-state index in [2.05, 4.69) is 18.7 Å². The van der Waals surface area contributed by atoms with Crippen molar-refractivity contribution >= 4 is 5.78 Å². The van der Waals surface area contributed by atoms with Crippen LogP contribution in [0.4, 0.5) is 0 Å². The molecule has 3 atom stereocenters. The summed E-state index contributed by atoms with van der Waals surface area (Å²) >= 11 is 0. The number of carbonyl (C=O) groups excluding carboxylic acids is 1. The van der Waals surface area contributed by atoms with Gasteiger partial charge in [0.15, 0.2) is 5.78 Å². The standard InChI is InChI=1S/C16H23NO/c1-6-11-7-8-13-15(2,3)14(18)12(17-5)10-16(13,4)9-11/h10-11,13H,6-9H2,1-4H3/t11-,13-,16-/m1/s1. The maximum atomic E-state index is 12.3. The van der Waals surface area contributed by atoms with Crippen LogP contribution in [-0.2, 0) is 4.79 Å². The van der Waals surface area contributed by atoms with Crippen molar-refractivity contribution in [2.24, 2.45) is 22.7 Å². The second kappa shape index (κ2) is 4.23. The van der Waals surface area contributed by atoms with Crippen LogP contribution in [0.1, 0.15) is 53.4 Å². The molecular weight excluding hydrogens is 222 g/mol. The molecule has 0 aromatic rings. The molecule has 0 heterocycles. The molecule has 0 amide bonds. The van der Waals surface area contributed by atoms with E-state index in [4.69, 9.17) is 6.57 Å². The number of allylic oxidation sites excluding steroid dienone is 2. The highest BCUT2D eigenvalue weighted by Crippen LogP contribution is 2.56. The van der Waals surface area contributed by atoms with Crippen LogP contribution >= 0.6 is 0 Å². The largest absolute Gasteiger partial charge is 0.307 e. The van der Waals surface area contributed by atoms with Crippen LogP contribution in [0.5, 0.6) is 0 Å². The van der Waals surface area contributed by atoms with E-state index in [0.717, 1.165) is 18.8 Å². The summed E-state index contributed by atoms with van der Waals surface area (Å²) in [6.07, 6.45) is 6.67. The quantitative estimate of drug-likeness (QED) is 0.633. The van der Waals surface area contributed by atoms with Crippen molar-refractivity contribution in [3.05, 3.63) is 23.2 Å². The van der Waals surface area contributed by atoms with Crippen molar-refractivity contribution in [2.75, 3.05) is 0 Å². The monoisotopic (exact) mass is 245 g/mol. The molecule has 98 valence electrons. The average molecular weight is 245 g/mol. The fourth-order valence-electron chi connectivity index (χ4n) is 4.24. The lowest BCUT2D eigenvalue weighted by Gasteiger charge is -2.52. The van der Waals surface area contributed by atoms with Crippen molar-refractivity contribution < 1.29 is 4.79 Å². The molecule has 0 saturated heterocycles. The minimum Gasteiger partial charge on any atom is -0.307 e. The van der Waals surface area contributed by atoms with Gasteiger partial charge in [-0.1, -0.05) is 46.6 Å². The van der Waals surface area contributed by atoms with Crippen LogP contribution in [-0.4, -0.2) is 5.78 Å². The van der Waals surface area contributed by atoms with Crippen LogP contribution in [0.2, 0.25) is 0 Å². The minimum absolute atomic E-state index is 0.0379. The first kappa shape index (κ1) is 13.3. The van der Waals surface area contributed by atoms with Gasteiger partial charge in [-0.25, -0.2) is 4.85 Å². The summed E-state index contributed by atoms with van der Waals surface area (Å²) in [4.78, 5) is 15.8. The Morgan fingerprint density at radius 1 is 1.39 bits per heavy atom. The van der Waals surface area contributed by atoms with Crippen molar-refractivity contribution in [3.63, 3.8) is 0 Å². The van der Waals surface area contributed by atoms with Crippen molar-refractivity contribution in [2.45, 2.75) is 53.4 Å². The van der Waals surface area contributed by atoms with E-state index in [1.54, 1.807) is 0 Å². The Morgan fingerprint density at radius 2 is 2.06 bits per heavy atom. The Balaban J connectivity index is 2.46. The van der Waals surface area contributed by atoms with Crippen LogP contribution in [0, 0.1) is 29.2 Å². The van der Waals surface area contributed by atoms with Gasteiger partial charge in [-0.05, 0) is 30.1 Å². The molecule has 2 heteroatoms. The van der Waals surface area contributed by atoms with Gasteiger partial charge < -0.3 is 4.79 Å². The molecular formula is C16H23NO. The van der Waals surface area contributed by atoms with Crippen molar-refractivity contribution in [1.29, 1.82) is 0 Å². The predicted molar refractivity (Wildman–Crippen MR) is 72.7 cm³/mol. The van der Waals surface area contributed by atoms with Crippen molar-refractivity contribution in [3.8, 4) is 0 Å². The number of nitrogens with zero attached hydrogens (tertiary/aromatic N) is 1. The van der Waals surface area contributed by atoms with Crippen molar-refractivity contribution in [1.82, 2.24) is 0 Å². The normalized spacial score (nSPS) is 38.6. The van der Waals surface area contributed by atoms with Crippen LogP contribution in [0.25, 0.3) is 4.85 Å². The molecule has 0 aromatic carbocycles. The Kier molecular flexibility index (Phi) is 3.13. The summed E-state index contributed by atoms with van der Waals surface area (Å²) in [5.41, 5.74) is 0.0358. The van der Waals surface area contributed by atoms with Crippen LogP contribution in [0.3, 0.4) is 0 Å². The SMILES string of the molecule is [C-]#[N+]C1=C[C@@]2(C)C[C@H](CC)CC[C@@H]2C(C)(C)C1=O. The first-order valence-electron chi connectivity index (χ1n) is 7.00. The van der Waals surface area contributed by atoms with E-state index < -0.39 is 0 Å². The highest BCUT2D eigenvalue weighted by Gasteiger charge is 2.52. The number of Topliss-reactive ketones (excluding diaryl/α,β-unsaturated/α-hetero) is 1. The molecule has 2 aliphatic rings. The molecule has 0 aliphatic heterocycles.